The molecule has 0 bridgehead atoms. The Morgan fingerprint density at radius 1 is 1.05 bits per heavy atom. The Hall–Kier alpha value is -0.0800. The lowest BCUT2D eigenvalue weighted by atomic mass is 9.63. The number of rotatable bonds is 4. The Kier molecular flexibility index (Phi) is 4.57. The summed E-state index contributed by atoms with van der Waals surface area (Å²) < 4.78 is 11.5. The molecule has 2 heteroatoms. The van der Waals surface area contributed by atoms with Crippen molar-refractivity contribution >= 4 is 0 Å². The summed E-state index contributed by atoms with van der Waals surface area (Å²) >= 11 is 0. The maximum absolute atomic E-state index is 5.99. The second-order valence-electron chi connectivity index (χ2n) is 9.27. The van der Waals surface area contributed by atoms with E-state index in [1.54, 1.807) is 0 Å². The fourth-order valence-electron chi connectivity index (χ4n) is 4.29. The minimum Gasteiger partial charge on any atom is -0.381 e. The van der Waals surface area contributed by atoms with Crippen LogP contribution in [-0.4, -0.2) is 25.9 Å². The van der Waals surface area contributed by atoms with Crippen LogP contribution < -0.4 is 0 Å². The van der Waals surface area contributed by atoms with E-state index < -0.39 is 0 Å². The monoisotopic (exact) mass is 282 g/mol. The first-order chi connectivity index (χ1) is 9.12. The van der Waals surface area contributed by atoms with Crippen molar-refractivity contribution in [2.75, 3.05) is 19.8 Å². The Balaban J connectivity index is 1.95. The van der Waals surface area contributed by atoms with E-state index in [0.29, 0.717) is 22.3 Å². The second-order valence-corrected chi connectivity index (χ2v) is 9.27. The van der Waals surface area contributed by atoms with E-state index in [9.17, 15) is 0 Å². The molecular weight excluding hydrogens is 248 g/mol. The van der Waals surface area contributed by atoms with Crippen LogP contribution in [0.1, 0.15) is 67.2 Å². The summed E-state index contributed by atoms with van der Waals surface area (Å²) in [6, 6.07) is 0. The van der Waals surface area contributed by atoms with E-state index in [-0.39, 0.29) is 0 Å². The Morgan fingerprint density at radius 3 is 2.10 bits per heavy atom. The molecule has 0 spiro atoms. The van der Waals surface area contributed by atoms with Gasteiger partial charge in [0, 0.05) is 18.6 Å². The van der Waals surface area contributed by atoms with Gasteiger partial charge in [-0.25, -0.2) is 0 Å². The van der Waals surface area contributed by atoms with Crippen molar-refractivity contribution in [3.63, 3.8) is 0 Å². The Labute approximate surface area is 125 Å². The molecule has 0 aromatic rings. The van der Waals surface area contributed by atoms with Gasteiger partial charge >= 0.3 is 0 Å². The van der Waals surface area contributed by atoms with Crippen LogP contribution >= 0.6 is 0 Å². The van der Waals surface area contributed by atoms with Crippen LogP contribution in [0.3, 0.4) is 0 Å². The first-order valence-electron chi connectivity index (χ1n) is 8.32. The molecule has 0 saturated carbocycles. The molecule has 2 heterocycles. The fraction of sp³-hybridized carbons (Fsp3) is 1.00. The van der Waals surface area contributed by atoms with Crippen LogP contribution in [0.5, 0.6) is 0 Å². The number of hydrogen-bond acceptors (Lipinski definition) is 2. The van der Waals surface area contributed by atoms with Gasteiger partial charge in [-0.3, -0.25) is 0 Å². The van der Waals surface area contributed by atoms with E-state index in [0.717, 1.165) is 25.7 Å². The summed E-state index contributed by atoms with van der Waals surface area (Å²) in [6.45, 7) is 17.2. The number of ether oxygens (including phenoxy) is 2. The minimum atomic E-state index is 0.369. The predicted octanol–water partition coefficient (Wildman–Crippen LogP) is 4.67. The average Bonchev–Trinajstić information content (AvgIpc) is 2.34. The largest absolute Gasteiger partial charge is 0.381 e. The first-order valence-corrected chi connectivity index (χ1v) is 8.32. The standard InChI is InChI=1S/C18H34O2/c1-16(2,3)12-18(6)13-20-15(18)11-17(4,5)14-7-9-19-10-8-14/h14-15H,7-13H2,1-6H3. The minimum absolute atomic E-state index is 0.369. The summed E-state index contributed by atoms with van der Waals surface area (Å²) in [5.41, 5.74) is 1.13. The van der Waals surface area contributed by atoms with Crippen LogP contribution in [0.2, 0.25) is 0 Å². The summed E-state index contributed by atoms with van der Waals surface area (Å²) in [5, 5.41) is 0. The third kappa shape index (κ3) is 3.76. The van der Waals surface area contributed by atoms with Crippen LogP contribution in [0.25, 0.3) is 0 Å². The maximum Gasteiger partial charge on any atom is 0.0656 e. The number of hydrogen-bond donors (Lipinski definition) is 0. The van der Waals surface area contributed by atoms with Gasteiger partial charge in [-0.05, 0) is 42.4 Å². The third-order valence-electron chi connectivity index (χ3n) is 5.36. The van der Waals surface area contributed by atoms with Gasteiger partial charge in [0.2, 0.25) is 0 Å². The molecule has 2 unspecified atom stereocenters. The molecule has 2 fully saturated rings. The van der Waals surface area contributed by atoms with E-state index in [1.807, 2.05) is 0 Å². The normalized spacial score (nSPS) is 33.0. The molecule has 0 radical (unpaired) electrons. The molecule has 2 nitrogen and oxygen atoms in total. The highest BCUT2D eigenvalue weighted by atomic mass is 16.5. The highest BCUT2D eigenvalue weighted by Crippen LogP contribution is 2.50. The SMILES string of the molecule is CC(C)(C)CC1(C)COC1CC(C)(C)C1CCOCC1. The van der Waals surface area contributed by atoms with Crippen molar-refractivity contribution in [1.82, 2.24) is 0 Å². The molecule has 20 heavy (non-hydrogen) atoms. The van der Waals surface area contributed by atoms with Crippen LogP contribution in [0.15, 0.2) is 0 Å². The molecule has 2 atom stereocenters. The van der Waals surface area contributed by atoms with Crippen molar-refractivity contribution < 1.29 is 9.47 Å². The lowest BCUT2D eigenvalue weighted by Gasteiger charge is -2.53. The molecule has 118 valence electrons. The van der Waals surface area contributed by atoms with Gasteiger partial charge in [0.25, 0.3) is 0 Å². The molecule has 2 saturated heterocycles. The molecular formula is C18H34O2. The highest BCUT2D eigenvalue weighted by Gasteiger charge is 2.49. The molecule has 2 rings (SSSR count). The fourth-order valence-corrected chi connectivity index (χ4v) is 4.29. The zero-order valence-corrected chi connectivity index (χ0v) is 14.4. The maximum atomic E-state index is 5.99. The Morgan fingerprint density at radius 2 is 1.65 bits per heavy atom. The van der Waals surface area contributed by atoms with Crippen molar-refractivity contribution in [3.8, 4) is 0 Å². The van der Waals surface area contributed by atoms with Gasteiger partial charge in [-0.1, -0.05) is 41.5 Å². The van der Waals surface area contributed by atoms with Gasteiger partial charge in [-0.15, -0.1) is 0 Å². The summed E-state index contributed by atoms with van der Waals surface area (Å²) in [7, 11) is 0. The van der Waals surface area contributed by atoms with Gasteiger partial charge in [0.05, 0.1) is 12.7 Å². The zero-order chi connectivity index (χ0) is 15.0. The van der Waals surface area contributed by atoms with Gasteiger partial charge in [0.15, 0.2) is 0 Å². The second kappa shape index (κ2) is 5.61. The molecule has 0 aromatic carbocycles. The van der Waals surface area contributed by atoms with E-state index in [2.05, 4.69) is 41.5 Å². The molecule has 0 aromatic heterocycles. The summed E-state index contributed by atoms with van der Waals surface area (Å²) in [5.74, 6) is 0.791. The topological polar surface area (TPSA) is 18.5 Å². The van der Waals surface area contributed by atoms with Crippen molar-refractivity contribution in [3.05, 3.63) is 0 Å². The van der Waals surface area contributed by atoms with Crippen LogP contribution in [-0.2, 0) is 9.47 Å². The lowest BCUT2D eigenvalue weighted by molar-refractivity contribution is -0.207. The van der Waals surface area contributed by atoms with Crippen molar-refractivity contribution in [2.24, 2.45) is 22.2 Å². The van der Waals surface area contributed by atoms with Gasteiger partial charge in [-0.2, -0.15) is 0 Å². The molecule has 0 N–H and O–H groups in total. The predicted molar refractivity (Wildman–Crippen MR) is 83.9 cm³/mol. The average molecular weight is 282 g/mol. The lowest BCUT2D eigenvalue weighted by Crippen LogP contribution is -2.53. The van der Waals surface area contributed by atoms with E-state index in [4.69, 9.17) is 9.47 Å². The van der Waals surface area contributed by atoms with Crippen LogP contribution in [0, 0.1) is 22.2 Å². The van der Waals surface area contributed by atoms with E-state index >= 15 is 0 Å². The van der Waals surface area contributed by atoms with Crippen molar-refractivity contribution in [1.29, 1.82) is 0 Å². The van der Waals surface area contributed by atoms with Crippen LogP contribution in [0.4, 0.5) is 0 Å². The Bertz CT molecular complexity index is 323. The third-order valence-corrected chi connectivity index (χ3v) is 5.36. The summed E-state index contributed by atoms with van der Waals surface area (Å²) in [6.07, 6.45) is 5.34. The first kappa shape index (κ1) is 16.3. The molecule has 0 aliphatic carbocycles. The van der Waals surface area contributed by atoms with E-state index in [1.165, 1.54) is 25.7 Å². The van der Waals surface area contributed by atoms with Crippen molar-refractivity contribution in [2.45, 2.75) is 73.3 Å². The molecule has 0 amide bonds. The van der Waals surface area contributed by atoms with Gasteiger partial charge in [0.1, 0.15) is 0 Å². The smallest absolute Gasteiger partial charge is 0.0656 e. The molecule has 2 aliphatic rings. The zero-order valence-electron chi connectivity index (χ0n) is 14.4. The summed E-state index contributed by atoms with van der Waals surface area (Å²) in [4.78, 5) is 0. The molecule has 2 aliphatic heterocycles. The van der Waals surface area contributed by atoms with Gasteiger partial charge < -0.3 is 9.47 Å². The highest BCUT2D eigenvalue weighted by molar-refractivity contribution is 4.97. The quantitative estimate of drug-likeness (QED) is 0.746.